The summed E-state index contributed by atoms with van der Waals surface area (Å²) in [5.41, 5.74) is 1.18. The van der Waals surface area contributed by atoms with E-state index in [2.05, 4.69) is 32.4 Å². The van der Waals surface area contributed by atoms with Crippen molar-refractivity contribution in [1.82, 2.24) is 24.6 Å². The molecule has 3 heterocycles. The maximum atomic E-state index is 12.1. The number of H-pyrrole nitrogens is 1. The van der Waals surface area contributed by atoms with Crippen molar-refractivity contribution in [1.29, 1.82) is 0 Å². The number of hydrogen-bond donors (Lipinski definition) is 2. The summed E-state index contributed by atoms with van der Waals surface area (Å²) in [6.45, 7) is 3.88. The molecule has 0 atom stereocenters. The Balaban J connectivity index is 1.84. The molecule has 3 aromatic rings. The second-order valence-corrected chi connectivity index (χ2v) is 5.87. The minimum atomic E-state index is -0.492. The maximum absolute atomic E-state index is 12.1. The molecular formula is C16H18N6O2. The van der Waals surface area contributed by atoms with Crippen molar-refractivity contribution in [2.24, 2.45) is 7.05 Å². The minimum absolute atomic E-state index is 0.419. The molecule has 4 rings (SSSR count). The highest BCUT2D eigenvalue weighted by Gasteiger charge is 2.15. The fourth-order valence-electron chi connectivity index (χ4n) is 3.11. The molecule has 1 aliphatic rings. The number of anilines is 1. The van der Waals surface area contributed by atoms with Crippen LogP contribution in [-0.2, 0) is 7.05 Å². The van der Waals surface area contributed by atoms with Gasteiger partial charge in [0, 0.05) is 56.6 Å². The molecule has 24 heavy (non-hydrogen) atoms. The van der Waals surface area contributed by atoms with E-state index in [9.17, 15) is 9.59 Å². The van der Waals surface area contributed by atoms with Gasteiger partial charge < -0.3 is 10.2 Å². The zero-order valence-electron chi connectivity index (χ0n) is 13.3. The number of aryl methyl sites for hydroxylation is 1. The number of aromatic nitrogens is 4. The molecule has 0 saturated carbocycles. The zero-order valence-corrected chi connectivity index (χ0v) is 13.3. The molecule has 0 radical (unpaired) electrons. The summed E-state index contributed by atoms with van der Waals surface area (Å²) in [4.78, 5) is 27.9. The van der Waals surface area contributed by atoms with E-state index >= 15 is 0 Å². The van der Waals surface area contributed by atoms with Crippen molar-refractivity contribution in [3.8, 4) is 5.82 Å². The lowest BCUT2D eigenvalue weighted by molar-refractivity contribution is 0.589. The van der Waals surface area contributed by atoms with E-state index in [1.807, 2.05) is 13.1 Å². The van der Waals surface area contributed by atoms with Crippen molar-refractivity contribution in [3.63, 3.8) is 0 Å². The Bertz CT molecular complexity index is 1010. The zero-order chi connectivity index (χ0) is 16.7. The molecule has 1 aromatic carbocycles. The highest BCUT2D eigenvalue weighted by molar-refractivity contribution is 5.89. The summed E-state index contributed by atoms with van der Waals surface area (Å²) in [6, 6.07) is 7.44. The molecule has 0 unspecified atom stereocenters. The third-order valence-corrected chi connectivity index (χ3v) is 4.35. The summed E-state index contributed by atoms with van der Waals surface area (Å²) in [5, 5.41) is 8.67. The van der Waals surface area contributed by atoms with E-state index in [1.54, 1.807) is 4.68 Å². The number of hydrogen-bond acceptors (Lipinski definition) is 5. The van der Waals surface area contributed by atoms with E-state index in [0.717, 1.165) is 42.8 Å². The van der Waals surface area contributed by atoms with Gasteiger partial charge >= 0.3 is 5.69 Å². The van der Waals surface area contributed by atoms with E-state index in [1.165, 1.54) is 16.8 Å². The van der Waals surface area contributed by atoms with Crippen molar-refractivity contribution in [2.45, 2.75) is 0 Å². The van der Waals surface area contributed by atoms with Gasteiger partial charge in [-0.3, -0.25) is 19.0 Å². The molecule has 1 aliphatic heterocycles. The van der Waals surface area contributed by atoms with E-state index in [4.69, 9.17) is 0 Å². The van der Waals surface area contributed by atoms with Gasteiger partial charge in [-0.05, 0) is 18.2 Å². The van der Waals surface area contributed by atoms with E-state index in [0.29, 0.717) is 5.82 Å². The molecule has 0 spiro atoms. The number of nitrogens with one attached hydrogen (secondary N) is 2. The van der Waals surface area contributed by atoms with Gasteiger partial charge in [0.05, 0.1) is 5.52 Å². The predicted molar refractivity (Wildman–Crippen MR) is 92.0 cm³/mol. The lowest BCUT2D eigenvalue weighted by Gasteiger charge is -2.29. The van der Waals surface area contributed by atoms with E-state index < -0.39 is 11.2 Å². The number of aromatic amines is 1. The molecule has 1 saturated heterocycles. The Morgan fingerprint density at radius 2 is 1.92 bits per heavy atom. The lowest BCUT2D eigenvalue weighted by Crippen LogP contribution is -2.43. The second kappa shape index (κ2) is 5.64. The third kappa shape index (κ3) is 2.41. The van der Waals surface area contributed by atoms with Gasteiger partial charge in [0.2, 0.25) is 0 Å². The van der Waals surface area contributed by atoms with Crippen LogP contribution < -0.4 is 21.5 Å². The Morgan fingerprint density at radius 3 is 2.67 bits per heavy atom. The molecule has 0 aliphatic carbocycles. The molecule has 2 N–H and O–H groups in total. The first-order chi connectivity index (χ1) is 11.6. The predicted octanol–water partition coefficient (Wildman–Crippen LogP) is -0.178. The van der Waals surface area contributed by atoms with Crippen molar-refractivity contribution >= 4 is 16.6 Å². The highest BCUT2D eigenvalue weighted by Crippen LogP contribution is 2.26. The summed E-state index contributed by atoms with van der Waals surface area (Å²) in [7, 11) is 1.85. The SMILES string of the molecule is Cn1nc(-n2ccc(=O)[nH]c2=O)c2ccc(N3CCNCC3)cc21. The summed E-state index contributed by atoms with van der Waals surface area (Å²) < 4.78 is 3.11. The molecular weight excluding hydrogens is 308 g/mol. The minimum Gasteiger partial charge on any atom is -0.369 e. The van der Waals surface area contributed by atoms with Crippen LogP contribution in [0.5, 0.6) is 0 Å². The summed E-state index contributed by atoms with van der Waals surface area (Å²) >= 11 is 0. The lowest BCUT2D eigenvalue weighted by atomic mass is 10.2. The van der Waals surface area contributed by atoms with Crippen LogP contribution in [-0.4, -0.2) is 45.5 Å². The van der Waals surface area contributed by atoms with Gasteiger partial charge in [-0.25, -0.2) is 4.79 Å². The van der Waals surface area contributed by atoms with Gasteiger partial charge in [-0.2, -0.15) is 5.10 Å². The number of nitrogens with zero attached hydrogens (tertiary/aromatic N) is 4. The molecule has 124 valence electrons. The fourth-order valence-corrected chi connectivity index (χ4v) is 3.11. The first-order valence-electron chi connectivity index (χ1n) is 7.88. The van der Waals surface area contributed by atoms with Gasteiger partial charge in [0.25, 0.3) is 5.56 Å². The second-order valence-electron chi connectivity index (χ2n) is 5.87. The standard InChI is InChI=1S/C16H18N6O2/c1-20-13-10-11(21-8-5-17-6-9-21)2-3-12(13)15(19-20)22-7-4-14(23)18-16(22)24/h2-4,7,10,17H,5-6,8-9H2,1H3,(H,18,23,24). The van der Waals surface area contributed by atoms with Gasteiger partial charge in [-0.1, -0.05) is 0 Å². The van der Waals surface area contributed by atoms with Crippen LogP contribution in [0, 0.1) is 0 Å². The van der Waals surface area contributed by atoms with Crippen LogP contribution in [0.4, 0.5) is 5.69 Å². The Hall–Kier alpha value is -2.87. The van der Waals surface area contributed by atoms with Crippen LogP contribution in [0.3, 0.4) is 0 Å². The number of piperazine rings is 1. The van der Waals surface area contributed by atoms with Crippen LogP contribution in [0.2, 0.25) is 0 Å². The average Bonchev–Trinajstić information content (AvgIpc) is 2.92. The largest absolute Gasteiger partial charge is 0.369 e. The van der Waals surface area contributed by atoms with Gasteiger partial charge in [-0.15, -0.1) is 0 Å². The fraction of sp³-hybridized carbons (Fsp3) is 0.312. The van der Waals surface area contributed by atoms with Crippen molar-refractivity contribution in [2.75, 3.05) is 31.1 Å². The Kier molecular flexibility index (Phi) is 3.46. The Morgan fingerprint density at radius 1 is 1.12 bits per heavy atom. The van der Waals surface area contributed by atoms with Gasteiger partial charge in [0.15, 0.2) is 5.82 Å². The van der Waals surface area contributed by atoms with Crippen LogP contribution in [0.25, 0.3) is 16.7 Å². The molecule has 8 heteroatoms. The van der Waals surface area contributed by atoms with Crippen molar-refractivity contribution in [3.05, 3.63) is 51.3 Å². The normalized spacial score (nSPS) is 15.1. The quantitative estimate of drug-likeness (QED) is 0.682. The molecule has 1 fully saturated rings. The highest BCUT2D eigenvalue weighted by atomic mass is 16.2. The molecule has 0 bridgehead atoms. The van der Waals surface area contributed by atoms with E-state index in [-0.39, 0.29) is 0 Å². The van der Waals surface area contributed by atoms with Crippen LogP contribution in [0.15, 0.2) is 40.1 Å². The number of fused-ring (bicyclic) bond motifs is 1. The first-order valence-corrected chi connectivity index (χ1v) is 7.88. The topological polar surface area (TPSA) is 88.0 Å². The maximum Gasteiger partial charge on any atom is 0.334 e. The summed E-state index contributed by atoms with van der Waals surface area (Å²) in [6.07, 6.45) is 1.45. The average molecular weight is 326 g/mol. The smallest absolute Gasteiger partial charge is 0.334 e. The number of rotatable bonds is 2. The van der Waals surface area contributed by atoms with Crippen LogP contribution >= 0.6 is 0 Å². The monoisotopic (exact) mass is 326 g/mol. The molecule has 2 aromatic heterocycles. The van der Waals surface area contributed by atoms with Crippen molar-refractivity contribution < 1.29 is 0 Å². The summed E-state index contributed by atoms with van der Waals surface area (Å²) in [5.74, 6) is 0.514. The first kappa shape index (κ1) is 14.7. The molecule has 0 amide bonds. The Labute approximate surface area is 137 Å². The van der Waals surface area contributed by atoms with Gasteiger partial charge in [0.1, 0.15) is 0 Å². The number of benzene rings is 1. The third-order valence-electron chi connectivity index (χ3n) is 4.35. The molecule has 8 nitrogen and oxygen atoms in total. The van der Waals surface area contributed by atoms with Crippen LogP contribution in [0.1, 0.15) is 0 Å².